The number of likely N-dealkylation sites (N-methyl/N-ethyl adjacent to an activating group) is 1. The molecular weight excluding hydrogens is 222 g/mol. The van der Waals surface area contributed by atoms with E-state index in [4.69, 9.17) is 4.74 Å². The van der Waals surface area contributed by atoms with Crippen LogP contribution in [0.3, 0.4) is 0 Å². The summed E-state index contributed by atoms with van der Waals surface area (Å²) >= 11 is 1.50. The molecule has 1 unspecified atom stereocenters. The monoisotopic (exact) mass is 240 g/mol. The lowest BCUT2D eigenvalue weighted by Gasteiger charge is -2.26. The van der Waals surface area contributed by atoms with Gasteiger partial charge in [0.15, 0.2) is 6.10 Å². The first-order valence-electron chi connectivity index (χ1n) is 5.74. The van der Waals surface area contributed by atoms with Crippen LogP contribution in [0.4, 0.5) is 0 Å². The summed E-state index contributed by atoms with van der Waals surface area (Å²) in [6.07, 6.45) is 2.25. The van der Waals surface area contributed by atoms with E-state index < -0.39 is 0 Å². The Balaban J connectivity index is 1.92. The number of quaternary nitrogens is 1. The number of hydrogen-bond acceptors (Lipinski definition) is 3. The third-order valence-electron chi connectivity index (χ3n) is 2.92. The number of carbonyl (C=O) groups excluding carboxylic acids is 1. The van der Waals surface area contributed by atoms with Crippen LogP contribution in [0.15, 0.2) is 12.1 Å². The molecule has 3 nitrogen and oxygen atoms in total. The Morgan fingerprint density at radius 1 is 1.56 bits per heavy atom. The number of rotatable bonds is 2. The standard InChI is InChI=1S/C12H17NO2S/c1-9-5-6-11(16-9)12(14)15-10-4-3-7-13(2)8-10/h5-6,10H,3-4,7-8H2,1-2H3/p+1/t10-/m1/s1. The topological polar surface area (TPSA) is 30.7 Å². The quantitative estimate of drug-likeness (QED) is 0.778. The fourth-order valence-electron chi connectivity index (χ4n) is 2.08. The molecule has 4 heteroatoms. The van der Waals surface area contributed by atoms with Gasteiger partial charge in [0.1, 0.15) is 11.4 Å². The van der Waals surface area contributed by atoms with E-state index in [0.29, 0.717) is 0 Å². The Morgan fingerprint density at radius 3 is 3.00 bits per heavy atom. The van der Waals surface area contributed by atoms with Crippen LogP contribution >= 0.6 is 11.3 Å². The number of nitrogens with one attached hydrogen (secondary N) is 1. The Kier molecular flexibility index (Phi) is 3.61. The zero-order valence-electron chi connectivity index (χ0n) is 9.79. The van der Waals surface area contributed by atoms with Gasteiger partial charge in [-0.1, -0.05) is 0 Å². The second-order valence-electron chi connectivity index (χ2n) is 4.49. The van der Waals surface area contributed by atoms with Crippen molar-refractivity contribution in [3.8, 4) is 0 Å². The van der Waals surface area contributed by atoms with Gasteiger partial charge in [0, 0.05) is 11.3 Å². The first kappa shape index (κ1) is 11.6. The molecule has 1 aliphatic rings. The zero-order valence-corrected chi connectivity index (χ0v) is 10.6. The highest BCUT2D eigenvalue weighted by Crippen LogP contribution is 2.17. The molecule has 0 aromatic carbocycles. The minimum Gasteiger partial charge on any atom is -0.452 e. The van der Waals surface area contributed by atoms with Crippen molar-refractivity contribution in [2.75, 3.05) is 20.1 Å². The molecule has 0 spiro atoms. The van der Waals surface area contributed by atoms with Gasteiger partial charge in [0.2, 0.25) is 0 Å². The van der Waals surface area contributed by atoms with E-state index in [2.05, 4.69) is 7.05 Å². The number of aryl methyl sites for hydroxylation is 1. The molecule has 2 atom stereocenters. The molecule has 1 N–H and O–H groups in total. The van der Waals surface area contributed by atoms with Crippen molar-refractivity contribution in [1.29, 1.82) is 0 Å². The van der Waals surface area contributed by atoms with Gasteiger partial charge in [0.25, 0.3) is 0 Å². The van der Waals surface area contributed by atoms with E-state index in [1.54, 1.807) is 0 Å². The summed E-state index contributed by atoms with van der Waals surface area (Å²) in [5, 5.41) is 0. The molecule has 1 fully saturated rings. The summed E-state index contributed by atoms with van der Waals surface area (Å²) in [5.41, 5.74) is 0. The summed E-state index contributed by atoms with van der Waals surface area (Å²) in [6.45, 7) is 4.13. The number of thiophene rings is 1. The maximum absolute atomic E-state index is 11.8. The SMILES string of the molecule is Cc1ccc(C(=O)O[C@@H]2CCC[NH+](C)C2)s1. The van der Waals surface area contributed by atoms with Gasteiger partial charge in [-0.3, -0.25) is 0 Å². The highest BCUT2D eigenvalue weighted by molar-refractivity contribution is 7.13. The number of ether oxygens (including phenoxy) is 1. The maximum Gasteiger partial charge on any atom is 0.348 e. The third kappa shape index (κ3) is 2.83. The minimum atomic E-state index is -0.155. The molecule has 0 amide bonds. The lowest BCUT2D eigenvalue weighted by Crippen LogP contribution is -3.11. The third-order valence-corrected chi connectivity index (χ3v) is 3.90. The van der Waals surface area contributed by atoms with Crippen LogP contribution in [0.25, 0.3) is 0 Å². The molecule has 1 aromatic heterocycles. The number of likely N-dealkylation sites (tertiary alicyclic amines) is 1. The highest BCUT2D eigenvalue weighted by Gasteiger charge is 2.24. The largest absolute Gasteiger partial charge is 0.452 e. The Morgan fingerprint density at radius 2 is 2.38 bits per heavy atom. The minimum absolute atomic E-state index is 0.101. The van der Waals surface area contributed by atoms with Gasteiger partial charge in [-0.25, -0.2) is 4.79 Å². The molecule has 2 rings (SSSR count). The fourth-order valence-corrected chi connectivity index (χ4v) is 2.83. The normalized spacial score (nSPS) is 25.4. The average Bonchev–Trinajstić information content (AvgIpc) is 2.65. The predicted octanol–water partition coefficient (Wildman–Crippen LogP) is 0.890. The summed E-state index contributed by atoms with van der Waals surface area (Å²) in [4.78, 5) is 15.1. The van der Waals surface area contributed by atoms with E-state index in [9.17, 15) is 4.79 Å². The molecule has 0 aliphatic carbocycles. The molecule has 1 aliphatic heterocycles. The van der Waals surface area contributed by atoms with Crippen molar-refractivity contribution in [2.45, 2.75) is 25.9 Å². The summed E-state index contributed by atoms with van der Waals surface area (Å²) in [6, 6.07) is 3.81. The first-order valence-corrected chi connectivity index (χ1v) is 6.55. The molecule has 88 valence electrons. The molecule has 1 aromatic rings. The van der Waals surface area contributed by atoms with Crippen LogP contribution in [0, 0.1) is 6.92 Å². The van der Waals surface area contributed by atoms with Crippen LogP contribution in [-0.2, 0) is 4.74 Å². The van der Waals surface area contributed by atoms with Gasteiger partial charge in [-0.2, -0.15) is 0 Å². The van der Waals surface area contributed by atoms with Gasteiger partial charge >= 0.3 is 5.97 Å². The number of hydrogen-bond donors (Lipinski definition) is 1. The van der Waals surface area contributed by atoms with Gasteiger partial charge < -0.3 is 9.64 Å². The van der Waals surface area contributed by atoms with Crippen molar-refractivity contribution in [3.05, 3.63) is 21.9 Å². The van der Waals surface area contributed by atoms with E-state index in [1.165, 1.54) is 22.8 Å². The van der Waals surface area contributed by atoms with Crippen LogP contribution in [0.2, 0.25) is 0 Å². The van der Waals surface area contributed by atoms with Gasteiger partial charge in [-0.05, 0) is 25.5 Å². The van der Waals surface area contributed by atoms with Crippen molar-refractivity contribution in [2.24, 2.45) is 0 Å². The summed E-state index contributed by atoms with van der Waals surface area (Å²) < 4.78 is 5.51. The van der Waals surface area contributed by atoms with Crippen LogP contribution < -0.4 is 4.90 Å². The predicted molar refractivity (Wildman–Crippen MR) is 64.1 cm³/mol. The molecule has 16 heavy (non-hydrogen) atoms. The second-order valence-corrected chi connectivity index (χ2v) is 5.78. The molecule has 2 heterocycles. The highest BCUT2D eigenvalue weighted by atomic mass is 32.1. The van der Waals surface area contributed by atoms with Crippen molar-refractivity contribution in [3.63, 3.8) is 0 Å². The van der Waals surface area contributed by atoms with Crippen molar-refractivity contribution >= 4 is 17.3 Å². The molecule has 0 radical (unpaired) electrons. The number of carbonyl (C=O) groups is 1. The van der Waals surface area contributed by atoms with Gasteiger partial charge in [0.05, 0.1) is 13.6 Å². The van der Waals surface area contributed by atoms with E-state index in [0.717, 1.165) is 29.1 Å². The van der Waals surface area contributed by atoms with Gasteiger partial charge in [-0.15, -0.1) is 11.3 Å². The Hall–Kier alpha value is -0.870. The smallest absolute Gasteiger partial charge is 0.348 e. The maximum atomic E-state index is 11.8. The second kappa shape index (κ2) is 4.97. The summed E-state index contributed by atoms with van der Waals surface area (Å²) in [5.74, 6) is -0.155. The number of esters is 1. The average molecular weight is 240 g/mol. The first-order chi connectivity index (χ1) is 7.65. The molecule has 0 saturated carbocycles. The van der Waals surface area contributed by atoms with Crippen LogP contribution in [-0.4, -0.2) is 32.2 Å². The molecule has 1 saturated heterocycles. The van der Waals surface area contributed by atoms with E-state index >= 15 is 0 Å². The molecular formula is C12H18NO2S+. The number of piperidine rings is 1. The Labute approximate surface area is 100 Å². The zero-order chi connectivity index (χ0) is 11.5. The lowest BCUT2D eigenvalue weighted by molar-refractivity contribution is -0.888. The fraction of sp³-hybridized carbons (Fsp3) is 0.583. The van der Waals surface area contributed by atoms with Crippen LogP contribution in [0.5, 0.6) is 0 Å². The summed E-state index contributed by atoms with van der Waals surface area (Å²) in [7, 11) is 2.15. The Bertz CT molecular complexity index is 375. The van der Waals surface area contributed by atoms with E-state index in [-0.39, 0.29) is 12.1 Å². The van der Waals surface area contributed by atoms with Crippen molar-refractivity contribution < 1.29 is 14.4 Å². The van der Waals surface area contributed by atoms with Crippen molar-refractivity contribution in [1.82, 2.24) is 0 Å². The van der Waals surface area contributed by atoms with Crippen LogP contribution in [0.1, 0.15) is 27.4 Å². The van der Waals surface area contributed by atoms with E-state index in [1.807, 2.05) is 19.1 Å². The molecule has 0 bridgehead atoms. The lowest BCUT2D eigenvalue weighted by atomic mass is 10.1.